The standard InChI is InChI=1S/C19H18F3N5O/c1-12(2)24-18-26-16(15-8-3-4-9-23-15)11-17(27-18)25-13-6-5-7-14(10-13)28-19(20,21)22/h3-12H,1-2H3,(H2,24,25,26,27). The number of aromatic nitrogens is 3. The third-order valence-electron chi connectivity index (χ3n) is 3.41. The first-order valence-corrected chi connectivity index (χ1v) is 8.48. The Kier molecular flexibility index (Phi) is 5.62. The van der Waals surface area contributed by atoms with Gasteiger partial charge in [0, 0.05) is 30.1 Å². The number of halogens is 3. The van der Waals surface area contributed by atoms with Gasteiger partial charge in [0.15, 0.2) is 0 Å². The van der Waals surface area contributed by atoms with E-state index in [1.807, 2.05) is 26.0 Å². The van der Waals surface area contributed by atoms with Crippen LogP contribution in [0, 0.1) is 0 Å². The van der Waals surface area contributed by atoms with Crippen molar-refractivity contribution in [3.05, 3.63) is 54.7 Å². The Bertz CT molecular complexity index is 932. The number of hydrogen-bond donors (Lipinski definition) is 2. The van der Waals surface area contributed by atoms with E-state index < -0.39 is 6.36 Å². The summed E-state index contributed by atoms with van der Waals surface area (Å²) in [6, 6.07) is 12.7. The Hall–Kier alpha value is -3.36. The van der Waals surface area contributed by atoms with Crippen LogP contribution in [-0.2, 0) is 0 Å². The van der Waals surface area contributed by atoms with Crippen molar-refractivity contribution in [2.75, 3.05) is 10.6 Å². The lowest BCUT2D eigenvalue weighted by Crippen LogP contribution is -2.17. The molecule has 146 valence electrons. The largest absolute Gasteiger partial charge is 0.573 e. The summed E-state index contributed by atoms with van der Waals surface area (Å²) >= 11 is 0. The van der Waals surface area contributed by atoms with Crippen molar-refractivity contribution in [1.29, 1.82) is 0 Å². The van der Waals surface area contributed by atoms with E-state index in [2.05, 4.69) is 30.3 Å². The molecule has 2 heterocycles. The van der Waals surface area contributed by atoms with Gasteiger partial charge in [-0.2, -0.15) is 4.98 Å². The highest BCUT2D eigenvalue weighted by Gasteiger charge is 2.31. The van der Waals surface area contributed by atoms with Crippen molar-refractivity contribution in [3.8, 4) is 17.1 Å². The van der Waals surface area contributed by atoms with Crippen LogP contribution in [0.1, 0.15) is 13.8 Å². The smallest absolute Gasteiger partial charge is 0.406 e. The average molecular weight is 389 g/mol. The normalized spacial score (nSPS) is 11.4. The lowest BCUT2D eigenvalue weighted by atomic mass is 10.2. The van der Waals surface area contributed by atoms with Gasteiger partial charge in [-0.3, -0.25) is 4.98 Å². The molecule has 0 radical (unpaired) electrons. The Balaban J connectivity index is 1.92. The maximum Gasteiger partial charge on any atom is 0.573 e. The fourth-order valence-electron chi connectivity index (χ4n) is 2.40. The molecule has 0 saturated heterocycles. The van der Waals surface area contributed by atoms with Gasteiger partial charge in [0.25, 0.3) is 0 Å². The van der Waals surface area contributed by atoms with Gasteiger partial charge >= 0.3 is 6.36 Å². The number of alkyl halides is 3. The fraction of sp³-hybridized carbons (Fsp3) is 0.211. The molecule has 6 nitrogen and oxygen atoms in total. The van der Waals surface area contributed by atoms with Gasteiger partial charge in [-0.15, -0.1) is 13.2 Å². The third kappa shape index (κ3) is 5.57. The van der Waals surface area contributed by atoms with Gasteiger partial charge in [0.2, 0.25) is 5.95 Å². The summed E-state index contributed by atoms with van der Waals surface area (Å²) in [6.07, 6.45) is -3.11. The third-order valence-corrected chi connectivity index (χ3v) is 3.41. The monoisotopic (exact) mass is 389 g/mol. The van der Waals surface area contributed by atoms with E-state index in [4.69, 9.17) is 0 Å². The maximum absolute atomic E-state index is 12.4. The van der Waals surface area contributed by atoms with Crippen LogP contribution in [0.3, 0.4) is 0 Å². The van der Waals surface area contributed by atoms with Crippen LogP contribution in [0.4, 0.5) is 30.6 Å². The highest BCUT2D eigenvalue weighted by atomic mass is 19.4. The minimum Gasteiger partial charge on any atom is -0.406 e. The number of nitrogens with zero attached hydrogens (tertiary/aromatic N) is 3. The molecule has 0 spiro atoms. The van der Waals surface area contributed by atoms with Gasteiger partial charge in [0.05, 0.1) is 11.4 Å². The first-order chi connectivity index (χ1) is 13.3. The molecule has 0 saturated carbocycles. The zero-order valence-electron chi connectivity index (χ0n) is 15.2. The quantitative estimate of drug-likeness (QED) is 0.618. The molecule has 0 bridgehead atoms. The maximum atomic E-state index is 12.4. The molecule has 2 aromatic heterocycles. The molecule has 0 atom stereocenters. The molecule has 0 amide bonds. The Morgan fingerprint density at radius 1 is 0.964 bits per heavy atom. The van der Waals surface area contributed by atoms with Crippen molar-refractivity contribution >= 4 is 17.5 Å². The van der Waals surface area contributed by atoms with Gasteiger partial charge in [-0.1, -0.05) is 12.1 Å². The van der Waals surface area contributed by atoms with E-state index in [0.29, 0.717) is 28.8 Å². The average Bonchev–Trinajstić information content (AvgIpc) is 2.60. The van der Waals surface area contributed by atoms with E-state index >= 15 is 0 Å². The van der Waals surface area contributed by atoms with Crippen LogP contribution in [0.2, 0.25) is 0 Å². The lowest BCUT2D eigenvalue weighted by Gasteiger charge is -2.14. The van der Waals surface area contributed by atoms with E-state index in [-0.39, 0.29) is 11.8 Å². The topological polar surface area (TPSA) is 72.0 Å². The number of hydrogen-bond acceptors (Lipinski definition) is 6. The summed E-state index contributed by atoms with van der Waals surface area (Å²) in [5.41, 5.74) is 1.61. The first-order valence-electron chi connectivity index (χ1n) is 8.48. The van der Waals surface area contributed by atoms with Crippen molar-refractivity contribution < 1.29 is 17.9 Å². The molecule has 2 N–H and O–H groups in total. The highest BCUT2D eigenvalue weighted by Crippen LogP contribution is 2.27. The van der Waals surface area contributed by atoms with E-state index in [9.17, 15) is 13.2 Å². The van der Waals surface area contributed by atoms with Gasteiger partial charge in [0.1, 0.15) is 11.6 Å². The second kappa shape index (κ2) is 8.12. The van der Waals surface area contributed by atoms with Crippen LogP contribution < -0.4 is 15.4 Å². The number of rotatable bonds is 6. The molecule has 0 aliphatic heterocycles. The van der Waals surface area contributed by atoms with Crippen LogP contribution in [0.25, 0.3) is 11.4 Å². The minimum absolute atomic E-state index is 0.0929. The summed E-state index contributed by atoms with van der Waals surface area (Å²) < 4.78 is 41.3. The molecular weight excluding hydrogens is 371 g/mol. The van der Waals surface area contributed by atoms with E-state index in [0.717, 1.165) is 0 Å². The van der Waals surface area contributed by atoms with E-state index in [1.54, 1.807) is 24.4 Å². The molecule has 0 aliphatic rings. The van der Waals surface area contributed by atoms with Crippen LogP contribution >= 0.6 is 0 Å². The Labute approximate surface area is 159 Å². The summed E-state index contributed by atoms with van der Waals surface area (Å²) in [5, 5.41) is 6.11. The molecule has 9 heteroatoms. The fourth-order valence-corrected chi connectivity index (χ4v) is 2.40. The summed E-state index contributed by atoms with van der Waals surface area (Å²) in [5.74, 6) is 0.461. The van der Waals surface area contributed by atoms with Crippen molar-refractivity contribution in [1.82, 2.24) is 15.0 Å². The number of ether oxygens (including phenoxy) is 1. The first kappa shape index (κ1) is 19.4. The minimum atomic E-state index is -4.76. The van der Waals surface area contributed by atoms with Crippen LogP contribution in [-0.4, -0.2) is 27.4 Å². The van der Waals surface area contributed by atoms with Gasteiger partial charge in [-0.25, -0.2) is 4.98 Å². The van der Waals surface area contributed by atoms with Crippen LogP contribution in [0.15, 0.2) is 54.7 Å². The zero-order valence-corrected chi connectivity index (χ0v) is 15.2. The SMILES string of the molecule is CC(C)Nc1nc(Nc2cccc(OC(F)(F)F)c2)cc(-c2ccccn2)n1. The predicted octanol–water partition coefficient (Wildman–Crippen LogP) is 5.00. The van der Waals surface area contributed by atoms with E-state index in [1.165, 1.54) is 18.2 Å². The molecule has 0 unspecified atom stereocenters. The molecule has 0 aliphatic carbocycles. The summed E-state index contributed by atoms with van der Waals surface area (Å²) in [4.78, 5) is 13.1. The van der Waals surface area contributed by atoms with Crippen molar-refractivity contribution in [2.24, 2.45) is 0 Å². The second-order valence-corrected chi connectivity index (χ2v) is 6.18. The van der Waals surface area contributed by atoms with Crippen molar-refractivity contribution in [2.45, 2.75) is 26.3 Å². The van der Waals surface area contributed by atoms with Crippen LogP contribution in [0.5, 0.6) is 5.75 Å². The number of pyridine rings is 1. The molecule has 3 rings (SSSR count). The summed E-state index contributed by atoms with van der Waals surface area (Å²) in [7, 11) is 0. The molecule has 3 aromatic rings. The number of anilines is 3. The Morgan fingerprint density at radius 3 is 2.46 bits per heavy atom. The van der Waals surface area contributed by atoms with Gasteiger partial charge in [-0.05, 0) is 38.1 Å². The molecule has 28 heavy (non-hydrogen) atoms. The summed E-state index contributed by atoms with van der Waals surface area (Å²) in [6.45, 7) is 3.89. The molecule has 1 aromatic carbocycles. The highest BCUT2D eigenvalue weighted by molar-refractivity contribution is 5.65. The predicted molar refractivity (Wildman–Crippen MR) is 100 cm³/mol. The Morgan fingerprint density at radius 2 is 1.79 bits per heavy atom. The molecule has 0 fully saturated rings. The molecular formula is C19H18F3N5O. The zero-order chi connectivity index (χ0) is 20.1. The van der Waals surface area contributed by atoms with Crippen molar-refractivity contribution in [3.63, 3.8) is 0 Å². The number of nitrogens with one attached hydrogen (secondary N) is 2. The second-order valence-electron chi connectivity index (χ2n) is 6.18. The van der Waals surface area contributed by atoms with Gasteiger partial charge < -0.3 is 15.4 Å². The lowest BCUT2D eigenvalue weighted by molar-refractivity contribution is -0.274. The number of benzene rings is 1.